The summed E-state index contributed by atoms with van der Waals surface area (Å²) < 4.78 is 37.2. The van der Waals surface area contributed by atoms with Crippen molar-refractivity contribution in [2.24, 2.45) is 11.8 Å². The number of alkyl halides is 3. The lowest BCUT2D eigenvalue weighted by atomic mass is 10.1. The van der Waals surface area contributed by atoms with Crippen molar-refractivity contribution in [3.8, 4) is 0 Å². The molecule has 2 rings (SSSR count). The number of hydrogen-bond acceptors (Lipinski definition) is 2. The SMILES string of the molecule is CC1CC1CNc1ccc(C(F)(F)F)cc1N. The van der Waals surface area contributed by atoms with Gasteiger partial charge in [0.15, 0.2) is 0 Å². The molecule has 0 bridgehead atoms. The third kappa shape index (κ3) is 2.84. The fraction of sp³-hybridized carbons (Fsp3) is 0.500. The summed E-state index contributed by atoms with van der Waals surface area (Å²) in [6.45, 7) is 2.93. The third-order valence-electron chi connectivity index (χ3n) is 3.21. The van der Waals surface area contributed by atoms with E-state index in [4.69, 9.17) is 5.73 Å². The van der Waals surface area contributed by atoms with Gasteiger partial charge in [-0.15, -0.1) is 0 Å². The molecule has 1 saturated carbocycles. The topological polar surface area (TPSA) is 38.0 Å². The van der Waals surface area contributed by atoms with Crippen LogP contribution in [-0.2, 0) is 6.18 Å². The highest BCUT2D eigenvalue weighted by atomic mass is 19.4. The highest BCUT2D eigenvalue weighted by molar-refractivity contribution is 5.67. The van der Waals surface area contributed by atoms with E-state index >= 15 is 0 Å². The molecule has 2 atom stereocenters. The number of halogens is 3. The van der Waals surface area contributed by atoms with Gasteiger partial charge in [0.1, 0.15) is 0 Å². The molecule has 94 valence electrons. The van der Waals surface area contributed by atoms with Gasteiger partial charge in [0, 0.05) is 6.54 Å². The van der Waals surface area contributed by atoms with Crippen LogP contribution >= 0.6 is 0 Å². The number of nitrogens with two attached hydrogens (primary N) is 1. The van der Waals surface area contributed by atoms with Gasteiger partial charge in [-0.25, -0.2) is 0 Å². The average Bonchev–Trinajstić information content (AvgIpc) is 2.91. The maximum Gasteiger partial charge on any atom is 0.416 e. The number of rotatable bonds is 3. The average molecular weight is 244 g/mol. The molecule has 1 fully saturated rings. The predicted octanol–water partition coefficient (Wildman–Crippen LogP) is 3.36. The van der Waals surface area contributed by atoms with E-state index in [-0.39, 0.29) is 5.69 Å². The Labute approximate surface area is 98.0 Å². The van der Waals surface area contributed by atoms with Gasteiger partial charge in [0.05, 0.1) is 16.9 Å². The van der Waals surface area contributed by atoms with Crippen molar-refractivity contribution in [2.75, 3.05) is 17.6 Å². The van der Waals surface area contributed by atoms with Crippen molar-refractivity contribution in [2.45, 2.75) is 19.5 Å². The fourth-order valence-electron chi connectivity index (χ4n) is 1.82. The van der Waals surface area contributed by atoms with E-state index < -0.39 is 11.7 Å². The van der Waals surface area contributed by atoms with Gasteiger partial charge in [-0.3, -0.25) is 0 Å². The molecular formula is C12H15F3N2. The highest BCUT2D eigenvalue weighted by Crippen LogP contribution is 2.38. The Morgan fingerprint density at radius 1 is 1.41 bits per heavy atom. The number of nitrogen functional groups attached to an aromatic ring is 1. The molecule has 5 heteroatoms. The maximum absolute atomic E-state index is 12.4. The zero-order chi connectivity index (χ0) is 12.6. The van der Waals surface area contributed by atoms with Crippen molar-refractivity contribution in [3.05, 3.63) is 23.8 Å². The molecule has 0 amide bonds. The van der Waals surface area contributed by atoms with E-state index in [1.807, 2.05) is 0 Å². The second-order valence-corrected chi connectivity index (χ2v) is 4.65. The Balaban J connectivity index is 2.04. The largest absolute Gasteiger partial charge is 0.416 e. The smallest absolute Gasteiger partial charge is 0.397 e. The molecule has 0 heterocycles. The van der Waals surface area contributed by atoms with Crippen molar-refractivity contribution in [3.63, 3.8) is 0 Å². The van der Waals surface area contributed by atoms with Crippen molar-refractivity contribution in [1.82, 2.24) is 0 Å². The van der Waals surface area contributed by atoms with Gasteiger partial charge in [0.2, 0.25) is 0 Å². The molecular weight excluding hydrogens is 229 g/mol. The van der Waals surface area contributed by atoms with Gasteiger partial charge in [-0.2, -0.15) is 13.2 Å². The third-order valence-corrected chi connectivity index (χ3v) is 3.21. The van der Waals surface area contributed by atoms with Crippen LogP contribution in [0, 0.1) is 11.8 Å². The summed E-state index contributed by atoms with van der Waals surface area (Å²) in [5, 5.41) is 3.09. The highest BCUT2D eigenvalue weighted by Gasteiger charge is 2.33. The van der Waals surface area contributed by atoms with E-state index in [0.29, 0.717) is 17.5 Å². The van der Waals surface area contributed by atoms with Crippen LogP contribution in [0.15, 0.2) is 18.2 Å². The van der Waals surface area contributed by atoms with Gasteiger partial charge in [0.25, 0.3) is 0 Å². The van der Waals surface area contributed by atoms with Gasteiger partial charge >= 0.3 is 6.18 Å². The molecule has 0 radical (unpaired) electrons. The van der Waals surface area contributed by atoms with Gasteiger partial charge < -0.3 is 11.1 Å². The summed E-state index contributed by atoms with van der Waals surface area (Å²) >= 11 is 0. The van der Waals surface area contributed by atoms with Gasteiger partial charge in [-0.05, 0) is 36.5 Å². The Hall–Kier alpha value is -1.39. The molecule has 2 unspecified atom stereocenters. The van der Waals surface area contributed by atoms with Crippen molar-refractivity contribution < 1.29 is 13.2 Å². The lowest BCUT2D eigenvalue weighted by Crippen LogP contribution is -2.09. The van der Waals surface area contributed by atoms with E-state index in [1.54, 1.807) is 0 Å². The minimum absolute atomic E-state index is 0.146. The number of hydrogen-bond donors (Lipinski definition) is 2. The molecule has 0 spiro atoms. The van der Waals surface area contributed by atoms with Crippen LogP contribution in [-0.4, -0.2) is 6.54 Å². The lowest BCUT2D eigenvalue weighted by molar-refractivity contribution is -0.137. The van der Waals surface area contributed by atoms with E-state index in [2.05, 4.69) is 12.2 Å². The monoisotopic (exact) mass is 244 g/mol. The molecule has 1 aliphatic carbocycles. The normalized spacial score (nSPS) is 23.5. The first kappa shape index (κ1) is 12.1. The second-order valence-electron chi connectivity index (χ2n) is 4.65. The van der Waals surface area contributed by atoms with Crippen LogP contribution in [0.25, 0.3) is 0 Å². The Morgan fingerprint density at radius 2 is 2.06 bits per heavy atom. The predicted molar refractivity (Wildman–Crippen MR) is 61.6 cm³/mol. The number of benzene rings is 1. The maximum atomic E-state index is 12.4. The molecule has 1 aromatic carbocycles. The van der Waals surface area contributed by atoms with Crippen molar-refractivity contribution in [1.29, 1.82) is 0 Å². The summed E-state index contributed by atoms with van der Waals surface area (Å²) in [7, 11) is 0. The van der Waals surface area contributed by atoms with Crippen LogP contribution < -0.4 is 11.1 Å². The van der Waals surface area contributed by atoms with E-state index in [1.165, 1.54) is 12.5 Å². The molecule has 0 saturated heterocycles. The van der Waals surface area contributed by atoms with E-state index in [9.17, 15) is 13.2 Å². The molecule has 1 aromatic rings. The fourth-order valence-corrected chi connectivity index (χ4v) is 1.82. The first-order valence-electron chi connectivity index (χ1n) is 5.58. The summed E-state index contributed by atoms with van der Waals surface area (Å²) in [6.07, 6.45) is -3.16. The lowest BCUT2D eigenvalue weighted by Gasteiger charge is -2.12. The summed E-state index contributed by atoms with van der Waals surface area (Å²) in [4.78, 5) is 0. The Kier molecular flexibility index (Phi) is 2.93. The van der Waals surface area contributed by atoms with Gasteiger partial charge in [-0.1, -0.05) is 6.92 Å². The zero-order valence-corrected chi connectivity index (χ0v) is 9.51. The summed E-state index contributed by atoms with van der Waals surface area (Å²) in [6, 6.07) is 3.42. The Bertz CT molecular complexity index is 415. The van der Waals surface area contributed by atoms with Crippen LogP contribution in [0.3, 0.4) is 0 Å². The molecule has 3 N–H and O–H groups in total. The Morgan fingerprint density at radius 3 is 2.53 bits per heavy atom. The second kappa shape index (κ2) is 4.13. The van der Waals surface area contributed by atoms with Crippen LogP contribution in [0.4, 0.5) is 24.5 Å². The van der Waals surface area contributed by atoms with Crippen LogP contribution in [0.1, 0.15) is 18.9 Å². The first-order valence-corrected chi connectivity index (χ1v) is 5.58. The quantitative estimate of drug-likeness (QED) is 0.800. The number of nitrogens with one attached hydrogen (secondary N) is 1. The minimum Gasteiger partial charge on any atom is -0.397 e. The summed E-state index contributed by atoms with van der Waals surface area (Å²) in [5.74, 6) is 1.33. The van der Waals surface area contributed by atoms with E-state index in [0.717, 1.165) is 18.7 Å². The molecule has 0 aliphatic heterocycles. The number of anilines is 2. The van der Waals surface area contributed by atoms with Crippen LogP contribution in [0.2, 0.25) is 0 Å². The van der Waals surface area contributed by atoms with Crippen molar-refractivity contribution >= 4 is 11.4 Å². The summed E-state index contributed by atoms with van der Waals surface area (Å²) in [5.41, 5.74) is 5.62. The molecule has 2 nitrogen and oxygen atoms in total. The zero-order valence-electron chi connectivity index (χ0n) is 9.51. The molecule has 17 heavy (non-hydrogen) atoms. The van der Waals surface area contributed by atoms with Crippen LogP contribution in [0.5, 0.6) is 0 Å². The minimum atomic E-state index is -4.34. The first-order chi connectivity index (χ1) is 7.88. The molecule has 0 aromatic heterocycles. The standard InChI is InChI=1S/C12H15F3N2/c1-7-4-8(7)6-17-11-3-2-9(5-10(11)16)12(13,14)15/h2-3,5,7-8,17H,4,6,16H2,1H3. The molecule has 1 aliphatic rings.